The van der Waals surface area contributed by atoms with Crippen LogP contribution in [0.2, 0.25) is 0 Å². The van der Waals surface area contributed by atoms with E-state index in [9.17, 15) is 0 Å². The highest BCUT2D eigenvalue weighted by molar-refractivity contribution is 5.64. The zero-order valence-electron chi connectivity index (χ0n) is 14.8. The Morgan fingerprint density at radius 3 is 2.04 bits per heavy atom. The van der Waals surface area contributed by atoms with E-state index in [0.29, 0.717) is 13.2 Å². The molecule has 0 saturated carbocycles. The number of ether oxygens (including phenoxy) is 2. The molecule has 128 valence electrons. The standard InChI is InChI=1S/C22H28O2/c1-3-5-6-17-7-9-18(10-8-17)19-11-13-20(14-12-19)22-16-23-21(4-2)15-24-22/h7-14,21-22H,3-6,15-16H2,1-2H3/t21-,22-/m0/s1. The Morgan fingerprint density at radius 1 is 0.833 bits per heavy atom. The highest BCUT2D eigenvalue weighted by Gasteiger charge is 2.22. The van der Waals surface area contributed by atoms with Crippen LogP contribution in [-0.2, 0) is 15.9 Å². The minimum absolute atomic E-state index is 0.0678. The molecule has 2 aromatic carbocycles. The maximum absolute atomic E-state index is 5.94. The molecule has 2 aromatic rings. The van der Waals surface area contributed by atoms with E-state index in [1.165, 1.54) is 41.5 Å². The maximum atomic E-state index is 5.94. The average Bonchev–Trinajstić information content (AvgIpc) is 2.67. The van der Waals surface area contributed by atoms with Crippen molar-refractivity contribution >= 4 is 0 Å². The van der Waals surface area contributed by atoms with Crippen LogP contribution in [0, 0.1) is 0 Å². The van der Waals surface area contributed by atoms with E-state index >= 15 is 0 Å². The van der Waals surface area contributed by atoms with Crippen LogP contribution >= 0.6 is 0 Å². The van der Waals surface area contributed by atoms with E-state index < -0.39 is 0 Å². The number of unbranched alkanes of at least 4 members (excludes halogenated alkanes) is 1. The first-order valence-electron chi connectivity index (χ1n) is 9.22. The fourth-order valence-electron chi connectivity index (χ4n) is 3.11. The molecule has 0 N–H and O–H groups in total. The van der Waals surface area contributed by atoms with Crippen LogP contribution in [0.5, 0.6) is 0 Å². The van der Waals surface area contributed by atoms with Gasteiger partial charge in [0, 0.05) is 0 Å². The molecule has 1 aliphatic heterocycles. The fraction of sp³-hybridized carbons (Fsp3) is 0.455. The Kier molecular flexibility index (Phi) is 6.06. The van der Waals surface area contributed by atoms with Crippen molar-refractivity contribution in [3.05, 3.63) is 59.7 Å². The van der Waals surface area contributed by atoms with Crippen LogP contribution < -0.4 is 0 Å². The first-order chi connectivity index (χ1) is 11.8. The van der Waals surface area contributed by atoms with Gasteiger partial charge < -0.3 is 9.47 Å². The van der Waals surface area contributed by atoms with Crippen molar-refractivity contribution in [2.24, 2.45) is 0 Å². The van der Waals surface area contributed by atoms with Gasteiger partial charge in [0.25, 0.3) is 0 Å². The lowest BCUT2D eigenvalue weighted by atomic mass is 9.99. The van der Waals surface area contributed by atoms with E-state index in [4.69, 9.17) is 9.47 Å². The largest absolute Gasteiger partial charge is 0.373 e. The van der Waals surface area contributed by atoms with Gasteiger partial charge in [0.05, 0.1) is 19.3 Å². The summed E-state index contributed by atoms with van der Waals surface area (Å²) < 4.78 is 11.8. The topological polar surface area (TPSA) is 18.5 Å². The molecule has 1 aliphatic rings. The highest BCUT2D eigenvalue weighted by Crippen LogP contribution is 2.27. The van der Waals surface area contributed by atoms with Gasteiger partial charge in [0.2, 0.25) is 0 Å². The van der Waals surface area contributed by atoms with Crippen molar-refractivity contribution in [1.82, 2.24) is 0 Å². The first-order valence-corrected chi connectivity index (χ1v) is 9.22. The molecular formula is C22H28O2. The fourth-order valence-corrected chi connectivity index (χ4v) is 3.11. The molecule has 0 aromatic heterocycles. The minimum atomic E-state index is 0.0678. The Balaban J connectivity index is 1.64. The Morgan fingerprint density at radius 2 is 1.50 bits per heavy atom. The third kappa shape index (κ3) is 4.25. The average molecular weight is 324 g/mol. The molecule has 2 nitrogen and oxygen atoms in total. The molecule has 0 bridgehead atoms. The lowest BCUT2D eigenvalue weighted by molar-refractivity contribution is -0.135. The summed E-state index contributed by atoms with van der Waals surface area (Å²) in [6, 6.07) is 17.7. The highest BCUT2D eigenvalue weighted by atomic mass is 16.6. The Hall–Kier alpha value is -1.64. The molecular weight excluding hydrogens is 296 g/mol. The molecule has 2 atom stereocenters. The summed E-state index contributed by atoms with van der Waals surface area (Å²) in [5.74, 6) is 0. The normalized spacial score (nSPS) is 20.9. The number of hydrogen-bond donors (Lipinski definition) is 0. The van der Waals surface area contributed by atoms with Gasteiger partial charge in [0.1, 0.15) is 6.10 Å². The Labute approximate surface area is 145 Å². The van der Waals surface area contributed by atoms with Crippen LogP contribution in [0.15, 0.2) is 48.5 Å². The summed E-state index contributed by atoms with van der Waals surface area (Å²) in [5.41, 5.74) is 5.15. The predicted molar refractivity (Wildman–Crippen MR) is 99.2 cm³/mol. The van der Waals surface area contributed by atoms with Crippen LogP contribution in [0.3, 0.4) is 0 Å². The van der Waals surface area contributed by atoms with Crippen LogP contribution in [0.1, 0.15) is 50.3 Å². The summed E-state index contributed by atoms with van der Waals surface area (Å²) in [5, 5.41) is 0. The first kappa shape index (κ1) is 17.2. The number of hydrogen-bond acceptors (Lipinski definition) is 2. The SMILES string of the molecule is CCCCc1ccc(-c2ccc([C@@H]3CO[C@@H](CC)CO3)cc2)cc1. The van der Waals surface area contributed by atoms with Crippen LogP contribution in [0.4, 0.5) is 0 Å². The maximum Gasteiger partial charge on any atom is 0.106 e. The van der Waals surface area contributed by atoms with Crippen LogP contribution in [0.25, 0.3) is 11.1 Å². The monoisotopic (exact) mass is 324 g/mol. The molecule has 24 heavy (non-hydrogen) atoms. The molecule has 0 amide bonds. The molecule has 0 radical (unpaired) electrons. The van der Waals surface area contributed by atoms with Crippen molar-refractivity contribution < 1.29 is 9.47 Å². The summed E-state index contributed by atoms with van der Waals surface area (Å²) in [6.45, 7) is 5.72. The molecule has 3 rings (SSSR count). The lowest BCUT2D eigenvalue weighted by Gasteiger charge is -2.29. The summed E-state index contributed by atoms with van der Waals surface area (Å²) in [7, 11) is 0. The van der Waals surface area contributed by atoms with E-state index in [0.717, 1.165) is 6.42 Å². The molecule has 1 heterocycles. The van der Waals surface area contributed by atoms with Gasteiger partial charge in [-0.1, -0.05) is 68.8 Å². The van der Waals surface area contributed by atoms with E-state index in [1.807, 2.05) is 0 Å². The molecule has 1 fully saturated rings. The quantitative estimate of drug-likeness (QED) is 0.692. The molecule has 1 saturated heterocycles. The molecule has 0 unspecified atom stereocenters. The zero-order valence-corrected chi connectivity index (χ0v) is 14.8. The van der Waals surface area contributed by atoms with Gasteiger partial charge in [0.15, 0.2) is 0 Å². The van der Waals surface area contributed by atoms with Gasteiger partial charge in [-0.25, -0.2) is 0 Å². The van der Waals surface area contributed by atoms with Crippen molar-refractivity contribution in [1.29, 1.82) is 0 Å². The third-order valence-electron chi connectivity index (χ3n) is 4.81. The summed E-state index contributed by atoms with van der Waals surface area (Å²) in [6.07, 6.45) is 5.02. The van der Waals surface area contributed by atoms with Gasteiger partial charge >= 0.3 is 0 Å². The molecule has 0 spiro atoms. The number of benzene rings is 2. The second kappa shape index (κ2) is 8.46. The number of rotatable bonds is 6. The summed E-state index contributed by atoms with van der Waals surface area (Å²) >= 11 is 0. The van der Waals surface area contributed by atoms with Crippen LogP contribution in [-0.4, -0.2) is 19.3 Å². The third-order valence-corrected chi connectivity index (χ3v) is 4.81. The minimum Gasteiger partial charge on any atom is -0.373 e. The van der Waals surface area contributed by atoms with E-state index in [-0.39, 0.29) is 12.2 Å². The van der Waals surface area contributed by atoms with Gasteiger partial charge in [-0.05, 0) is 41.5 Å². The lowest BCUT2D eigenvalue weighted by Crippen LogP contribution is -2.30. The van der Waals surface area contributed by atoms with E-state index in [2.05, 4.69) is 62.4 Å². The van der Waals surface area contributed by atoms with Crippen molar-refractivity contribution in [2.45, 2.75) is 51.7 Å². The van der Waals surface area contributed by atoms with Crippen molar-refractivity contribution in [3.63, 3.8) is 0 Å². The zero-order chi connectivity index (χ0) is 16.8. The summed E-state index contributed by atoms with van der Waals surface area (Å²) in [4.78, 5) is 0. The Bertz CT molecular complexity index is 607. The smallest absolute Gasteiger partial charge is 0.106 e. The predicted octanol–water partition coefficient (Wildman–Crippen LogP) is 5.56. The number of aryl methyl sites for hydroxylation is 1. The second-order valence-electron chi connectivity index (χ2n) is 6.61. The van der Waals surface area contributed by atoms with Crippen molar-refractivity contribution in [2.75, 3.05) is 13.2 Å². The van der Waals surface area contributed by atoms with Crippen molar-refractivity contribution in [3.8, 4) is 11.1 Å². The van der Waals surface area contributed by atoms with Gasteiger partial charge in [-0.2, -0.15) is 0 Å². The molecule has 2 heteroatoms. The van der Waals surface area contributed by atoms with E-state index in [1.54, 1.807) is 0 Å². The van der Waals surface area contributed by atoms with Gasteiger partial charge in [-0.3, -0.25) is 0 Å². The molecule has 0 aliphatic carbocycles. The van der Waals surface area contributed by atoms with Gasteiger partial charge in [-0.15, -0.1) is 0 Å². The second-order valence-corrected chi connectivity index (χ2v) is 6.61.